The van der Waals surface area contributed by atoms with Gasteiger partial charge in [0.25, 0.3) is 0 Å². The summed E-state index contributed by atoms with van der Waals surface area (Å²) in [6.07, 6.45) is 0.787. The normalized spacial score (nSPS) is 10.2. The number of benzene rings is 2. The van der Waals surface area contributed by atoms with Crippen LogP contribution in [0.2, 0.25) is 5.02 Å². The van der Waals surface area contributed by atoms with Crippen molar-refractivity contribution in [3.63, 3.8) is 0 Å². The first kappa shape index (κ1) is 10.1. The highest BCUT2D eigenvalue weighted by Gasteiger charge is 1.99. The molecular formula is C13H11ClO. The van der Waals surface area contributed by atoms with Crippen LogP contribution in [0.15, 0.2) is 48.5 Å². The Kier molecular flexibility index (Phi) is 2.93. The highest BCUT2D eigenvalue weighted by molar-refractivity contribution is 6.30. The molecule has 2 aromatic carbocycles. The van der Waals surface area contributed by atoms with Gasteiger partial charge in [-0.15, -0.1) is 0 Å². The fourth-order valence-corrected chi connectivity index (χ4v) is 1.82. The third kappa shape index (κ3) is 2.74. The summed E-state index contributed by atoms with van der Waals surface area (Å²) in [6.45, 7) is 0. The molecule has 0 spiro atoms. The number of rotatable bonds is 2. The lowest BCUT2D eigenvalue weighted by Gasteiger charge is -2.03. The molecule has 0 saturated heterocycles. The van der Waals surface area contributed by atoms with Crippen LogP contribution in [0.5, 0.6) is 5.75 Å². The van der Waals surface area contributed by atoms with Crippen molar-refractivity contribution in [1.82, 2.24) is 0 Å². The molecular weight excluding hydrogens is 208 g/mol. The van der Waals surface area contributed by atoms with Gasteiger partial charge in [-0.1, -0.05) is 41.9 Å². The molecule has 2 heteroatoms. The zero-order chi connectivity index (χ0) is 10.7. The first-order valence-electron chi connectivity index (χ1n) is 4.76. The number of aromatic hydroxyl groups is 1. The van der Waals surface area contributed by atoms with Gasteiger partial charge in [0.15, 0.2) is 0 Å². The van der Waals surface area contributed by atoms with Crippen molar-refractivity contribution >= 4 is 11.6 Å². The number of phenols is 1. The minimum absolute atomic E-state index is 0.216. The van der Waals surface area contributed by atoms with E-state index in [4.69, 9.17) is 11.6 Å². The third-order valence-electron chi connectivity index (χ3n) is 2.19. The SMILES string of the molecule is Oc1cc(Cl)cc(Cc2ccccc2)c1. The minimum atomic E-state index is 0.216. The Bertz CT molecular complexity index is 431. The van der Waals surface area contributed by atoms with Gasteiger partial charge in [-0.2, -0.15) is 0 Å². The van der Waals surface area contributed by atoms with Gasteiger partial charge in [-0.3, -0.25) is 0 Å². The van der Waals surface area contributed by atoms with Crippen LogP contribution >= 0.6 is 11.6 Å². The molecule has 2 aromatic rings. The van der Waals surface area contributed by atoms with Gasteiger partial charge >= 0.3 is 0 Å². The van der Waals surface area contributed by atoms with E-state index in [1.54, 1.807) is 6.07 Å². The number of halogens is 1. The van der Waals surface area contributed by atoms with Crippen molar-refractivity contribution in [2.45, 2.75) is 6.42 Å². The summed E-state index contributed by atoms with van der Waals surface area (Å²) in [7, 11) is 0. The standard InChI is InChI=1S/C13H11ClO/c14-12-7-11(8-13(15)9-12)6-10-4-2-1-3-5-10/h1-5,7-9,15H,6H2. The van der Waals surface area contributed by atoms with E-state index in [0.29, 0.717) is 5.02 Å². The topological polar surface area (TPSA) is 20.2 Å². The average Bonchev–Trinajstić information content (AvgIpc) is 2.17. The maximum absolute atomic E-state index is 9.39. The number of hydrogen-bond donors (Lipinski definition) is 1. The molecule has 15 heavy (non-hydrogen) atoms. The van der Waals surface area contributed by atoms with Crippen molar-refractivity contribution in [1.29, 1.82) is 0 Å². The maximum Gasteiger partial charge on any atom is 0.117 e. The molecule has 0 aliphatic heterocycles. The molecule has 1 nitrogen and oxygen atoms in total. The van der Waals surface area contributed by atoms with E-state index in [2.05, 4.69) is 12.1 Å². The second-order valence-corrected chi connectivity index (χ2v) is 3.92. The smallest absolute Gasteiger partial charge is 0.117 e. The van der Waals surface area contributed by atoms with Gasteiger partial charge in [0.2, 0.25) is 0 Å². The van der Waals surface area contributed by atoms with Crippen LogP contribution in [0.4, 0.5) is 0 Å². The van der Waals surface area contributed by atoms with E-state index in [9.17, 15) is 5.11 Å². The van der Waals surface area contributed by atoms with E-state index in [0.717, 1.165) is 12.0 Å². The highest BCUT2D eigenvalue weighted by atomic mass is 35.5. The van der Waals surface area contributed by atoms with Crippen molar-refractivity contribution < 1.29 is 5.11 Å². The van der Waals surface area contributed by atoms with Gasteiger partial charge in [0, 0.05) is 5.02 Å². The lowest BCUT2D eigenvalue weighted by Crippen LogP contribution is -1.87. The van der Waals surface area contributed by atoms with Crippen LogP contribution in [-0.4, -0.2) is 5.11 Å². The monoisotopic (exact) mass is 218 g/mol. The first-order valence-corrected chi connectivity index (χ1v) is 5.14. The Morgan fingerprint density at radius 3 is 2.33 bits per heavy atom. The fourth-order valence-electron chi connectivity index (χ4n) is 1.57. The van der Waals surface area contributed by atoms with Crippen molar-refractivity contribution in [2.75, 3.05) is 0 Å². The zero-order valence-electron chi connectivity index (χ0n) is 8.15. The van der Waals surface area contributed by atoms with Crippen molar-refractivity contribution in [3.8, 4) is 5.75 Å². The molecule has 0 atom stereocenters. The molecule has 0 saturated carbocycles. The summed E-state index contributed by atoms with van der Waals surface area (Å²) in [5.74, 6) is 0.216. The number of phenolic OH excluding ortho intramolecular Hbond substituents is 1. The maximum atomic E-state index is 9.39. The highest BCUT2D eigenvalue weighted by Crippen LogP contribution is 2.21. The molecule has 2 rings (SSSR count). The molecule has 0 aliphatic rings. The van der Waals surface area contributed by atoms with Gasteiger partial charge < -0.3 is 5.11 Å². The van der Waals surface area contributed by atoms with E-state index < -0.39 is 0 Å². The second kappa shape index (κ2) is 4.37. The van der Waals surface area contributed by atoms with Crippen LogP contribution in [0.25, 0.3) is 0 Å². The van der Waals surface area contributed by atoms with Gasteiger partial charge in [0.1, 0.15) is 5.75 Å². The van der Waals surface area contributed by atoms with Crippen LogP contribution in [-0.2, 0) is 6.42 Å². The largest absolute Gasteiger partial charge is 0.508 e. The molecule has 0 aromatic heterocycles. The summed E-state index contributed by atoms with van der Waals surface area (Å²) < 4.78 is 0. The first-order chi connectivity index (χ1) is 7.24. The van der Waals surface area contributed by atoms with Crippen molar-refractivity contribution in [3.05, 3.63) is 64.7 Å². The Hall–Kier alpha value is -1.47. The molecule has 0 unspecified atom stereocenters. The van der Waals surface area contributed by atoms with Gasteiger partial charge in [-0.25, -0.2) is 0 Å². The number of hydrogen-bond acceptors (Lipinski definition) is 1. The van der Waals surface area contributed by atoms with Gasteiger partial charge in [0.05, 0.1) is 0 Å². The summed E-state index contributed by atoms with van der Waals surface area (Å²) in [5.41, 5.74) is 2.23. The van der Waals surface area contributed by atoms with E-state index in [1.165, 1.54) is 11.6 Å². The fraction of sp³-hybridized carbons (Fsp3) is 0.0769. The lowest BCUT2D eigenvalue weighted by atomic mass is 10.1. The zero-order valence-corrected chi connectivity index (χ0v) is 8.91. The van der Waals surface area contributed by atoms with Crippen LogP contribution in [0.3, 0.4) is 0 Å². The van der Waals surface area contributed by atoms with Crippen LogP contribution in [0.1, 0.15) is 11.1 Å². The minimum Gasteiger partial charge on any atom is -0.508 e. The lowest BCUT2D eigenvalue weighted by molar-refractivity contribution is 0.475. The Balaban J connectivity index is 2.25. The predicted molar refractivity (Wildman–Crippen MR) is 62.4 cm³/mol. The Labute approximate surface area is 94.0 Å². The Morgan fingerprint density at radius 1 is 0.933 bits per heavy atom. The molecule has 76 valence electrons. The van der Waals surface area contributed by atoms with E-state index in [-0.39, 0.29) is 5.75 Å². The molecule has 0 bridgehead atoms. The van der Waals surface area contributed by atoms with E-state index in [1.807, 2.05) is 24.3 Å². The molecule has 1 N–H and O–H groups in total. The summed E-state index contributed by atoms with van der Waals surface area (Å²) in [6, 6.07) is 15.2. The summed E-state index contributed by atoms with van der Waals surface area (Å²) >= 11 is 5.86. The summed E-state index contributed by atoms with van der Waals surface area (Å²) in [5, 5.41) is 9.96. The Morgan fingerprint density at radius 2 is 1.67 bits per heavy atom. The average molecular weight is 219 g/mol. The van der Waals surface area contributed by atoms with E-state index >= 15 is 0 Å². The third-order valence-corrected chi connectivity index (χ3v) is 2.41. The second-order valence-electron chi connectivity index (χ2n) is 3.48. The molecule has 0 aliphatic carbocycles. The molecule has 0 amide bonds. The van der Waals surface area contributed by atoms with Crippen LogP contribution < -0.4 is 0 Å². The summed E-state index contributed by atoms with van der Waals surface area (Å²) in [4.78, 5) is 0. The quantitative estimate of drug-likeness (QED) is 0.816. The van der Waals surface area contributed by atoms with Crippen LogP contribution in [0, 0.1) is 0 Å². The molecule has 0 heterocycles. The predicted octanol–water partition coefficient (Wildman–Crippen LogP) is 3.64. The van der Waals surface area contributed by atoms with Gasteiger partial charge in [-0.05, 0) is 35.7 Å². The van der Waals surface area contributed by atoms with Crippen molar-refractivity contribution in [2.24, 2.45) is 0 Å². The molecule has 0 radical (unpaired) electrons. The molecule has 0 fully saturated rings.